The second-order valence-electron chi connectivity index (χ2n) is 9.09. The van der Waals surface area contributed by atoms with E-state index in [0.29, 0.717) is 19.6 Å². The average Bonchev–Trinajstić information content (AvgIpc) is 3.53. The van der Waals surface area contributed by atoms with Gasteiger partial charge in [-0.25, -0.2) is 0 Å². The van der Waals surface area contributed by atoms with Crippen LogP contribution in [0.2, 0.25) is 0 Å². The Morgan fingerprint density at radius 3 is 2.87 bits per heavy atom. The topological polar surface area (TPSA) is 70.9 Å². The molecular weight excluding hydrogens is 382 g/mol. The molecule has 0 N–H and O–H groups in total. The molecule has 8 nitrogen and oxygen atoms in total. The van der Waals surface area contributed by atoms with Gasteiger partial charge in [0.15, 0.2) is 0 Å². The van der Waals surface area contributed by atoms with Crippen molar-refractivity contribution in [3.8, 4) is 0 Å². The van der Waals surface area contributed by atoms with Gasteiger partial charge >= 0.3 is 0 Å². The summed E-state index contributed by atoms with van der Waals surface area (Å²) in [6.45, 7) is 5.63. The predicted octanol–water partition coefficient (Wildman–Crippen LogP) is 0.609. The molecule has 0 aliphatic carbocycles. The molecule has 1 spiro atoms. The van der Waals surface area contributed by atoms with Gasteiger partial charge in [0, 0.05) is 39.1 Å². The van der Waals surface area contributed by atoms with Crippen molar-refractivity contribution in [1.29, 1.82) is 0 Å². The van der Waals surface area contributed by atoms with Crippen molar-refractivity contribution in [2.75, 3.05) is 46.3 Å². The molecule has 0 aromatic carbocycles. The molecule has 5 rings (SSSR count). The molecule has 30 heavy (non-hydrogen) atoms. The van der Waals surface area contributed by atoms with Gasteiger partial charge in [0.1, 0.15) is 5.60 Å². The fourth-order valence-corrected chi connectivity index (χ4v) is 5.54. The highest BCUT2D eigenvalue weighted by molar-refractivity contribution is 5.93. The highest BCUT2D eigenvalue weighted by Gasteiger charge is 2.66. The van der Waals surface area contributed by atoms with Gasteiger partial charge in [-0.05, 0) is 32.0 Å². The summed E-state index contributed by atoms with van der Waals surface area (Å²) in [5.74, 6) is -0.745. The highest BCUT2D eigenvalue weighted by Crippen LogP contribution is 2.52. The van der Waals surface area contributed by atoms with Crippen molar-refractivity contribution in [1.82, 2.24) is 24.5 Å². The van der Waals surface area contributed by atoms with Gasteiger partial charge in [0.2, 0.25) is 11.8 Å². The zero-order valence-electron chi connectivity index (χ0n) is 17.7. The average molecular weight is 414 g/mol. The van der Waals surface area contributed by atoms with Gasteiger partial charge in [-0.3, -0.25) is 14.3 Å². The molecule has 2 amide bonds. The first-order valence-corrected chi connectivity index (χ1v) is 11.2. The maximum Gasteiger partial charge on any atom is 0.230 e. The Labute approximate surface area is 177 Å². The van der Waals surface area contributed by atoms with Gasteiger partial charge < -0.3 is 19.4 Å². The Morgan fingerprint density at radius 1 is 1.27 bits per heavy atom. The highest BCUT2D eigenvalue weighted by atomic mass is 16.5. The zero-order chi connectivity index (χ0) is 20.7. The van der Waals surface area contributed by atoms with Crippen molar-refractivity contribution in [2.45, 2.75) is 37.5 Å². The molecule has 4 atom stereocenters. The molecule has 162 valence electrons. The fraction of sp³-hybridized carbons (Fsp3) is 0.682. The summed E-state index contributed by atoms with van der Waals surface area (Å²) >= 11 is 0. The third-order valence-corrected chi connectivity index (χ3v) is 7.20. The molecule has 2 bridgehead atoms. The lowest BCUT2D eigenvalue weighted by atomic mass is 9.76. The SMILES string of the molecule is CN(CCn1cccn1)C(=O)C1C2C(=O)N(CCN3CCCCC3)C[C@@]23C=C[C@@H]1O3. The number of aromatic nitrogens is 2. The smallest absolute Gasteiger partial charge is 0.230 e. The standard InChI is InChI=1S/C22H31N5O3/c1-24(12-15-27-11-5-8-23-27)20(28)18-17-6-7-22(30-17)16-26(21(29)19(18)22)14-13-25-9-3-2-4-10-25/h5-8,11,17-19H,2-4,9-10,12-16H2,1H3/t17-,18?,19?,22-/m0/s1. The van der Waals surface area contributed by atoms with Gasteiger partial charge in [-0.15, -0.1) is 0 Å². The number of ether oxygens (including phenoxy) is 1. The number of hydrogen-bond acceptors (Lipinski definition) is 5. The van der Waals surface area contributed by atoms with Crippen LogP contribution in [0.1, 0.15) is 19.3 Å². The van der Waals surface area contributed by atoms with Crippen LogP contribution < -0.4 is 0 Å². The summed E-state index contributed by atoms with van der Waals surface area (Å²) in [5, 5.41) is 4.19. The minimum absolute atomic E-state index is 0.00499. The normalized spacial score (nSPS) is 32.8. The summed E-state index contributed by atoms with van der Waals surface area (Å²) in [4.78, 5) is 32.7. The largest absolute Gasteiger partial charge is 0.360 e. The summed E-state index contributed by atoms with van der Waals surface area (Å²) in [5.41, 5.74) is -0.618. The summed E-state index contributed by atoms with van der Waals surface area (Å²) in [6, 6.07) is 1.87. The quantitative estimate of drug-likeness (QED) is 0.613. The number of fused-ring (bicyclic) bond motifs is 1. The lowest BCUT2D eigenvalue weighted by molar-refractivity contribution is -0.142. The molecule has 1 aromatic rings. The van der Waals surface area contributed by atoms with E-state index < -0.39 is 17.4 Å². The molecule has 4 aliphatic rings. The minimum Gasteiger partial charge on any atom is -0.360 e. The van der Waals surface area contributed by atoms with E-state index in [-0.39, 0.29) is 17.9 Å². The van der Waals surface area contributed by atoms with E-state index in [1.165, 1.54) is 19.3 Å². The summed E-state index contributed by atoms with van der Waals surface area (Å²) in [7, 11) is 1.81. The molecule has 2 unspecified atom stereocenters. The van der Waals surface area contributed by atoms with E-state index in [1.54, 1.807) is 11.1 Å². The van der Waals surface area contributed by atoms with E-state index in [0.717, 1.165) is 26.2 Å². The molecule has 0 saturated carbocycles. The van der Waals surface area contributed by atoms with E-state index >= 15 is 0 Å². The first kappa shape index (κ1) is 19.8. The third-order valence-electron chi connectivity index (χ3n) is 7.20. The molecule has 3 saturated heterocycles. The predicted molar refractivity (Wildman–Crippen MR) is 110 cm³/mol. The fourth-order valence-electron chi connectivity index (χ4n) is 5.54. The number of nitrogens with zero attached hydrogens (tertiary/aromatic N) is 5. The lowest BCUT2D eigenvalue weighted by Crippen LogP contribution is -2.45. The minimum atomic E-state index is -0.618. The van der Waals surface area contributed by atoms with Crippen LogP contribution in [0.15, 0.2) is 30.6 Å². The monoisotopic (exact) mass is 413 g/mol. The number of hydrogen-bond donors (Lipinski definition) is 0. The second-order valence-corrected chi connectivity index (χ2v) is 9.09. The number of likely N-dealkylation sites (N-methyl/N-ethyl adjacent to an activating group) is 1. The third kappa shape index (κ3) is 3.36. The summed E-state index contributed by atoms with van der Waals surface area (Å²) < 4.78 is 8.07. The van der Waals surface area contributed by atoms with Crippen LogP contribution in [0.4, 0.5) is 0 Å². The molecule has 4 aliphatic heterocycles. The maximum atomic E-state index is 13.3. The molecule has 5 heterocycles. The van der Waals surface area contributed by atoms with Crippen molar-refractivity contribution in [3.63, 3.8) is 0 Å². The zero-order valence-corrected chi connectivity index (χ0v) is 17.7. The second kappa shape index (κ2) is 7.81. The molecule has 1 aromatic heterocycles. The van der Waals surface area contributed by atoms with Crippen LogP contribution in [-0.2, 0) is 20.9 Å². The van der Waals surface area contributed by atoms with Gasteiger partial charge in [-0.2, -0.15) is 5.10 Å². The van der Waals surface area contributed by atoms with Crippen molar-refractivity contribution in [3.05, 3.63) is 30.6 Å². The van der Waals surface area contributed by atoms with Crippen LogP contribution >= 0.6 is 0 Å². The van der Waals surface area contributed by atoms with Gasteiger partial charge in [-0.1, -0.05) is 18.6 Å². The van der Waals surface area contributed by atoms with E-state index in [1.807, 2.05) is 41.0 Å². The Balaban J connectivity index is 1.24. The molecule has 0 radical (unpaired) electrons. The van der Waals surface area contributed by atoms with Crippen LogP contribution in [0.5, 0.6) is 0 Å². The first-order chi connectivity index (χ1) is 14.6. The maximum absolute atomic E-state index is 13.3. The van der Waals surface area contributed by atoms with Crippen LogP contribution in [0.3, 0.4) is 0 Å². The molecule has 8 heteroatoms. The van der Waals surface area contributed by atoms with Gasteiger partial charge in [0.25, 0.3) is 0 Å². The molecular formula is C22H31N5O3. The number of piperidine rings is 1. The lowest BCUT2D eigenvalue weighted by Gasteiger charge is -2.29. The van der Waals surface area contributed by atoms with Crippen molar-refractivity contribution >= 4 is 11.8 Å². The van der Waals surface area contributed by atoms with Gasteiger partial charge in [0.05, 0.1) is 31.0 Å². The van der Waals surface area contributed by atoms with E-state index in [4.69, 9.17) is 4.74 Å². The molecule has 3 fully saturated rings. The van der Waals surface area contributed by atoms with E-state index in [2.05, 4.69) is 10.00 Å². The van der Waals surface area contributed by atoms with E-state index in [9.17, 15) is 9.59 Å². The number of carbonyl (C=O) groups is 2. The van der Waals surface area contributed by atoms with Crippen LogP contribution in [-0.4, -0.2) is 94.3 Å². The summed E-state index contributed by atoms with van der Waals surface area (Å²) in [6.07, 6.45) is 11.2. The Bertz CT molecular complexity index is 819. The number of amides is 2. The number of rotatable bonds is 7. The Morgan fingerprint density at radius 2 is 2.10 bits per heavy atom. The number of carbonyl (C=O) groups excluding carboxylic acids is 2. The van der Waals surface area contributed by atoms with Crippen molar-refractivity contribution < 1.29 is 14.3 Å². The van der Waals surface area contributed by atoms with Crippen molar-refractivity contribution in [2.24, 2.45) is 11.8 Å². The van der Waals surface area contributed by atoms with Crippen LogP contribution in [0, 0.1) is 11.8 Å². The number of likely N-dealkylation sites (tertiary alicyclic amines) is 2. The first-order valence-electron chi connectivity index (χ1n) is 11.2. The Kier molecular flexibility index (Phi) is 5.14. The van der Waals surface area contributed by atoms with Crippen LogP contribution in [0.25, 0.3) is 0 Å². The Hall–Kier alpha value is -2.19.